The number of nitrogens with zero attached hydrogens (tertiary/aromatic N) is 2. The van der Waals surface area contributed by atoms with Crippen molar-refractivity contribution in [2.45, 2.75) is 33.2 Å². The number of hydrogen-bond acceptors (Lipinski definition) is 1. The Hall–Kier alpha value is -0.840. The number of rotatable bonds is 5. The molecule has 0 saturated heterocycles. The summed E-state index contributed by atoms with van der Waals surface area (Å²) < 4.78 is 3.33. The van der Waals surface area contributed by atoms with E-state index in [9.17, 15) is 0 Å². The van der Waals surface area contributed by atoms with Crippen LogP contribution in [0.3, 0.4) is 0 Å². The molecule has 0 radical (unpaired) electrons. The van der Waals surface area contributed by atoms with Gasteiger partial charge in [-0.15, -0.1) is 0 Å². The largest absolute Gasteiger partial charge is 0.272 e. The van der Waals surface area contributed by atoms with Crippen molar-refractivity contribution in [3.8, 4) is 11.1 Å². The van der Waals surface area contributed by atoms with Crippen LogP contribution in [0.15, 0.2) is 36.7 Å². The van der Waals surface area contributed by atoms with Crippen LogP contribution in [0.4, 0.5) is 0 Å². The van der Waals surface area contributed by atoms with Gasteiger partial charge in [-0.25, -0.2) is 0 Å². The summed E-state index contributed by atoms with van der Waals surface area (Å²) in [4.78, 5) is 0. The van der Waals surface area contributed by atoms with Gasteiger partial charge in [0.15, 0.2) is 0 Å². The van der Waals surface area contributed by atoms with E-state index in [1.807, 2.05) is 6.20 Å². The zero-order valence-corrected chi connectivity index (χ0v) is 13.1. The van der Waals surface area contributed by atoms with Crippen molar-refractivity contribution < 1.29 is 0 Å². The van der Waals surface area contributed by atoms with Crippen molar-refractivity contribution >= 4 is 22.6 Å². The zero-order valence-electron chi connectivity index (χ0n) is 10.9. The second-order valence-corrected chi connectivity index (χ2v) is 6.17. The molecule has 0 saturated carbocycles. The average Bonchev–Trinajstić information content (AvgIpc) is 2.78. The van der Waals surface area contributed by atoms with Crippen LogP contribution in [0.25, 0.3) is 11.1 Å². The third kappa shape index (κ3) is 3.57. The van der Waals surface area contributed by atoms with Gasteiger partial charge < -0.3 is 0 Å². The van der Waals surface area contributed by atoms with Crippen LogP contribution in [-0.2, 0) is 6.54 Å². The Morgan fingerprint density at radius 2 is 2.06 bits per heavy atom. The highest BCUT2D eigenvalue weighted by Gasteiger charge is 2.05. The first-order valence-corrected chi connectivity index (χ1v) is 7.52. The van der Waals surface area contributed by atoms with E-state index in [-0.39, 0.29) is 0 Å². The summed E-state index contributed by atoms with van der Waals surface area (Å²) in [5.41, 5.74) is 2.48. The number of halogens is 1. The minimum atomic E-state index is 0.773. The standard InChI is InChI=1S/C15H19IN2/c1-12(2)6-5-9-18-11-13(10-17-18)14-7-3-4-8-15(14)16/h3-4,7-8,10-12H,5-6,9H2,1-2H3. The predicted molar refractivity (Wildman–Crippen MR) is 84.5 cm³/mol. The number of aromatic nitrogens is 2. The number of hydrogen-bond donors (Lipinski definition) is 0. The van der Waals surface area contributed by atoms with E-state index in [2.05, 4.69) is 76.7 Å². The van der Waals surface area contributed by atoms with Gasteiger partial charge in [-0.1, -0.05) is 32.0 Å². The monoisotopic (exact) mass is 354 g/mol. The maximum atomic E-state index is 4.44. The maximum absolute atomic E-state index is 4.44. The summed E-state index contributed by atoms with van der Waals surface area (Å²) in [6.07, 6.45) is 6.58. The Morgan fingerprint density at radius 1 is 1.28 bits per heavy atom. The van der Waals surface area contributed by atoms with Gasteiger partial charge >= 0.3 is 0 Å². The second kappa shape index (κ2) is 6.36. The van der Waals surface area contributed by atoms with Gasteiger partial charge in [-0.05, 0) is 53.0 Å². The minimum Gasteiger partial charge on any atom is -0.272 e. The number of benzene rings is 1. The van der Waals surface area contributed by atoms with E-state index in [0.29, 0.717) is 0 Å². The van der Waals surface area contributed by atoms with E-state index < -0.39 is 0 Å². The smallest absolute Gasteiger partial charge is 0.0568 e. The van der Waals surface area contributed by atoms with Gasteiger partial charge in [-0.3, -0.25) is 4.68 Å². The maximum Gasteiger partial charge on any atom is 0.0568 e. The molecule has 2 rings (SSSR count). The van der Waals surface area contributed by atoms with Crippen molar-refractivity contribution in [1.29, 1.82) is 0 Å². The first-order valence-electron chi connectivity index (χ1n) is 6.44. The summed E-state index contributed by atoms with van der Waals surface area (Å²) in [6.45, 7) is 5.54. The molecule has 0 spiro atoms. The van der Waals surface area contributed by atoms with Gasteiger partial charge in [0.25, 0.3) is 0 Å². The van der Waals surface area contributed by atoms with Crippen molar-refractivity contribution in [1.82, 2.24) is 9.78 Å². The fourth-order valence-electron chi connectivity index (χ4n) is 1.98. The summed E-state index contributed by atoms with van der Waals surface area (Å²) in [5.74, 6) is 0.773. The topological polar surface area (TPSA) is 17.8 Å². The third-order valence-corrected chi connectivity index (χ3v) is 3.93. The van der Waals surface area contributed by atoms with E-state index in [1.165, 1.54) is 27.5 Å². The Bertz CT molecular complexity index is 503. The molecule has 0 bridgehead atoms. The molecule has 2 nitrogen and oxygen atoms in total. The molecule has 2 aromatic rings. The van der Waals surface area contributed by atoms with Gasteiger partial charge in [0.05, 0.1) is 6.20 Å². The van der Waals surface area contributed by atoms with Crippen LogP contribution >= 0.6 is 22.6 Å². The molecule has 0 aliphatic carbocycles. The van der Waals surface area contributed by atoms with Crippen LogP contribution < -0.4 is 0 Å². The molecule has 0 atom stereocenters. The average molecular weight is 354 g/mol. The third-order valence-electron chi connectivity index (χ3n) is 2.99. The Kier molecular flexibility index (Phi) is 4.80. The summed E-state index contributed by atoms with van der Waals surface area (Å²) >= 11 is 2.37. The zero-order chi connectivity index (χ0) is 13.0. The van der Waals surface area contributed by atoms with Gasteiger partial charge in [0.2, 0.25) is 0 Å². The normalized spacial score (nSPS) is 11.1. The highest BCUT2D eigenvalue weighted by Crippen LogP contribution is 2.24. The molecule has 0 amide bonds. The molecule has 0 aliphatic rings. The van der Waals surface area contributed by atoms with Crippen LogP contribution in [0.1, 0.15) is 26.7 Å². The van der Waals surface area contributed by atoms with Gasteiger partial charge in [-0.2, -0.15) is 5.10 Å². The molecule has 18 heavy (non-hydrogen) atoms. The molecule has 1 aromatic heterocycles. The quantitative estimate of drug-likeness (QED) is 0.718. The lowest BCUT2D eigenvalue weighted by molar-refractivity contribution is 0.490. The van der Waals surface area contributed by atoms with E-state index in [0.717, 1.165) is 12.5 Å². The van der Waals surface area contributed by atoms with Crippen LogP contribution in [0, 0.1) is 9.49 Å². The number of aryl methyl sites for hydroxylation is 1. The molecule has 3 heteroatoms. The second-order valence-electron chi connectivity index (χ2n) is 5.01. The van der Waals surface area contributed by atoms with Gasteiger partial charge in [0, 0.05) is 21.9 Å². The molecular formula is C15H19IN2. The highest BCUT2D eigenvalue weighted by atomic mass is 127. The SMILES string of the molecule is CC(C)CCCn1cc(-c2ccccc2I)cn1. The molecular weight excluding hydrogens is 335 g/mol. The Balaban J connectivity index is 2.04. The molecule has 0 aliphatic heterocycles. The summed E-state index contributed by atoms with van der Waals surface area (Å²) in [5, 5.41) is 4.44. The Labute approximate surface area is 123 Å². The summed E-state index contributed by atoms with van der Waals surface area (Å²) in [7, 11) is 0. The summed E-state index contributed by atoms with van der Waals surface area (Å²) in [6, 6.07) is 8.43. The fourth-order valence-corrected chi connectivity index (χ4v) is 2.68. The minimum absolute atomic E-state index is 0.773. The first kappa shape index (κ1) is 13.6. The molecule has 96 valence electrons. The van der Waals surface area contributed by atoms with Crippen molar-refractivity contribution in [3.05, 3.63) is 40.2 Å². The van der Waals surface area contributed by atoms with Gasteiger partial charge in [0.1, 0.15) is 0 Å². The van der Waals surface area contributed by atoms with Crippen molar-refractivity contribution in [2.75, 3.05) is 0 Å². The predicted octanol–water partition coefficient (Wildman–Crippen LogP) is 4.59. The fraction of sp³-hybridized carbons (Fsp3) is 0.400. The lowest BCUT2D eigenvalue weighted by atomic mass is 10.1. The van der Waals surface area contributed by atoms with Crippen LogP contribution in [-0.4, -0.2) is 9.78 Å². The molecule has 1 heterocycles. The lowest BCUT2D eigenvalue weighted by Gasteiger charge is -2.04. The molecule has 0 N–H and O–H groups in total. The van der Waals surface area contributed by atoms with Crippen molar-refractivity contribution in [2.24, 2.45) is 5.92 Å². The Morgan fingerprint density at radius 3 is 2.78 bits per heavy atom. The molecule has 0 unspecified atom stereocenters. The van der Waals surface area contributed by atoms with Crippen LogP contribution in [0.5, 0.6) is 0 Å². The molecule has 1 aromatic carbocycles. The lowest BCUT2D eigenvalue weighted by Crippen LogP contribution is -1.99. The molecule has 0 fully saturated rings. The van der Waals surface area contributed by atoms with E-state index in [4.69, 9.17) is 0 Å². The van der Waals surface area contributed by atoms with Crippen molar-refractivity contribution in [3.63, 3.8) is 0 Å². The van der Waals surface area contributed by atoms with E-state index in [1.54, 1.807) is 0 Å². The first-order chi connectivity index (χ1) is 8.66. The van der Waals surface area contributed by atoms with E-state index >= 15 is 0 Å². The highest BCUT2D eigenvalue weighted by molar-refractivity contribution is 14.1. The van der Waals surface area contributed by atoms with Crippen LogP contribution in [0.2, 0.25) is 0 Å².